The summed E-state index contributed by atoms with van der Waals surface area (Å²) in [5.74, 6) is 0.744. The largest absolute Gasteiger partial charge is 0.454 e. The number of halogens is 2. The van der Waals surface area contributed by atoms with Gasteiger partial charge in [0.05, 0.1) is 10.2 Å². The smallest absolute Gasteiger partial charge is 0.171 e. The zero-order chi connectivity index (χ0) is 10.8. The van der Waals surface area contributed by atoms with Crippen LogP contribution in [0, 0.1) is 0 Å². The lowest BCUT2D eigenvalue weighted by Crippen LogP contribution is -2.00. The summed E-state index contributed by atoms with van der Waals surface area (Å²) in [7, 11) is 0. The third-order valence-electron chi connectivity index (χ3n) is 1.85. The first kappa shape index (κ1) is 11.1. The first-order chi connectivity index (χ1) is 7.15. The Labute approximate surface area is 108 Å². The van der Waals surface area contributed by atoms with Crippen molar-refractivity contribution in [1.82, 2.24) is 0 Å². The van der Waals surface area contributed by atoms with Crippen molar-refractivity contribution in [3.05, 3.63) is 43.4 Å². The fourth-order valence-electron chi connectivity index (χ4n) is 1.16. The van der Waals surface area contributed by atoms with Gasteiger partial charge in [-0.15, -0.1) is 11.3 Å². The van der Waals surface area contributed by atoms with Crippen molar-refractivity contribution in [3.63, 3.8) is 0 Å². The van der Waals surface area contributed by atoms with E-state index in [1.807, 2.05) is 11.4 Å². The molecular weight excluding hydrogens is 344 g/mol. The molecule has 78 valence electrons. The summed E-state index contributed by atoms with van der Waals surface area (Å²) in [6, 6.07) is 5.40. The van der Waals surface area contributed by atoms with Gasteiger partial charge in [0.15, 0.2) is 10.5 Å². The Morgan fingerprint density at radius 2 is 2.20 bits per heavy atom. The fraction of sp³-hybridized carbons (Fsp3) is 0.100. The topological polar surface area (TPSA) is 30.2 Å². The van der Waals surface area contributed by atoms with Gasteiger partial charge in [-0.2, -0.15) is 0 Å². The molecule has 15 heavy (non-hydrogen) atoms. The van der Waals surface area contributed by atoms with Gasteiger partial charge in [-0.3, -0.25) is 4.79 Å². The lowest BCUT2D eigenvalue weighted by atomic mass is 10.1. The predicted octanol–water partition coefficient (Wildman–Crippen LogP) is 4.29. The molecule has 0 aliphatic rings. The van der Waals surface area contributed by atoms with E-state index in [2.05, 4.69) is 31.9 Å². The number of carbonyl (C=O) groups is 1. The highest BCUT2D eigenvalue weighted by molar-refractivity contribution is 9.11. The minimum Gasteiger partial charge on any atom is -0.454 e. The van der Waals surface area contributed by atoms with Crippen molar-refractivity contribution in [3.8, 4) is 0 Å². The van der Waals surface area contributed by atoms with Crippen LogP contribution in [0.5, 0.6) is 0 Å². The molecule has 5 heteroatoms. The second-order valence-corrected chi connectivity index (χ2v) is 6.02. The second kappa shape index (κ2) is 4.63. The van der Waals surface area contributed by atoms with Gasteiger partial charge in [0.2, 0.25) is 0 Å². The van der Waals surface area contributed by atoms with Gasteiger partial charge in [0, 0.05) is 10.9 Å². The predicted molar refractivity (Wildman–Crippen MR) is 66.5 cm³/mol. The highest BCUT2D eigenvalue weighted by atomic mass is 79.9. The van der Waals surface area contributed by atoms with Gasteiger partial charge in [-0.1, -0.05) is 0 Å². The third-order valence-corrected chi connectivity index (χ3v) is 3.78. The molecule has 0 spiro atoms. The van der Waals surface area contributed by atoms with Crippen molar-refractivity contribution in [2.75, 3.05) is 0 Å². The summed E-state index contributed by atoms with van der Waals surface area (Å²) in [5.41, 5.74) is 0.722. The number of Topliss-reactive ketones (excluding diaryl/α,β-unsaturated/α-hetero) is 1. The number of carbonyl (C=O) groups excluding carboxylic acids is 1. The first-order valence-corrected chi connectivity index (χ1v) is 6.63. The lowest BCUT2D eigenvalue weighted by Gasteiger charge is -1.93. The van der Waals surface area contributed by atoms with E-state index in [0.29, 0.717) is 16.9 Å². The van der Waals surface area contributed by atoms with E-state index >= 15 is 0 Å². The minimum absolute atomic E-state index is 0.0683. The highest BCUT2D eigenvalue weighted by Crippen LogP contribution is 2.22. The Hall–Kier alpha value is -0.390. The molecule has 2 heterocycles. The van der Waals surface area contributed by atoms with E-state index in [1.165, 1.54) is 11.3 Å². The Morgan fingerprint density at radius 3 is 2.73 bits per heavy atom. The summed E-state index contributed by atoms with van der Waals surface area (Å²) < 4.78 is 6.88. The molecule has 0 unspecified atom stereocenters. The fourth-order valence-corrected chi connectivity index (χ4v) is 2.66. The Balaban J connectivity index is 2.10. The van der Waals surface area contributed by atoms with E-state index in [9.17, 15) is 4.79 Å². The maximum Gasteiger partial charge on any atom is 0.171 e. The quantitative estimate of drug-likeness (QED) is 0.773. The van der Waals surface area contributed by atoms with Crippen LogP contribution in [0.2, 0.25) is 0 Å². The van der Waals surface area contributed by atoms with E-state index in [1.54, 1.807) is 12.1 Å². The van der Waals surface area contributed by atoms with Gasteiger partial charge in [0.1, 0.15) is 5.76 Å². The summed E-state index contributed by atoms with van der Waals surface area (Å²) >= 11 is 8.03. The Bertz CT molecular complexity index is 487. The van der Waals surface area contributed by atoms with Crippen molar-refractivity contribution < 1.29 is 9.21 Å². The van der Waals surface area contributed by atoms with E-state index in [-0.39, 0.29) is 5.78 Å². The molecule has 2 rings (SSSR count). The van der Waals surface area contributed by atoms with Gasteiger partial charge >= 0.3 is 0 Å². The van der Waals surface area contributed by atoms with Gasteiger partial charge in [0.25, 0.3) is 0 Å². The molecule has 2 aromatic heterocycles. The second-order valence-electron chi connectivity index (χ2n) is 2.95. The number of thiophene rings is 1. The molecule has 2 aromatic rings. The summed E-state index contributed by atoms with van der Waals surface area (Å²) in [6.45, 7) is 0. The monoisotopic (exact) mass is 348 g/mol. The van der Waals surface area contributed by atoms with Gasteiger partial charge in [-0.05, 0) is 50.1 Å². The maximum atomic E-state index is 11.7. The summed E-state index contributed by atoms with van der Waals surface area (Å²) in [5, 5.41) is 1.84. The van der Waals surface area contributed by atoms with Crippen molar-refractivity contribution in [2.45, 2.75) is 6.42 Å². The number of hydrogen-bond donors (Lipinski definition) is 0. The molecule has 0 aromatic carbocycles. The Kier molecular flexibility index (Phi) is 3.43. The number of furan rings is 1. The van der Waals surface area contributed by atoms with Gasteiger partial charge in [-0.25, -0.2) is 0 Å². The van der Waals surface area contributed by atoms with E-state index in [0.717, 1.165) is 9.35 Å². The van der Waals surface area contributed by atoms with Crippen molar-refractivity contribution in [1.29, 1.82) is 0 Å². The molecule has 2 nitrogen and oxygen atoms in total. The average molecular weight is 350 g/mol. The minimum atomic E-state index is 0.0683. The molecule has 0 saturated heterocycles. The van der Waals surface area contributed by atoms with Crippen LogP contribution in [0.15, 0.2) is 36.5 Å². The van der Waals surface area contributed by atoms with Crippen LogP contribution in [-0.4, -0.2) is 5.78 Å². The van der Waals surface area contributed by atoms with E-state index in [4.69, 9.17) is 4.42 Å². The zero-order valence-corrected chi connectivity index (χ0v) is 11.5. The highest BCUT2D eigenvalue weighted by Gasteiger charge is 2.11. The van der Waals surface area contributed by atoms with Crippen molar-refractivity contribution >= 4 is 49.0 Å². The molecule has 0 N–H and O–H groups in total. The molecule has 0 bridgehead atoms. The molecule has 0 aliphatic heterocycles. The van der Waals surface area contributed by atoms with Gasteiger partial charge < -0.3 is 4.42 Å². The molecule has 0 fully saturated rings. The third kappa shape index (κ3) is 2.80. The van der Waals surface area contributed by atoms with Crippen LogP contribution in [0.4, 0.5) is 0 Å². The number of ketones is 1. The van der Waals surface area contributed by atoms with Crippen LogP contribution in [0.3, 0.4) is 0 Å². The number of rotatable bonds is 3. The van der Waals surface area contributed by atoms with Crippen LogP contribution in [0.1, 0.15) is 16.1 Å². The van der Waals surface area contributed by atoms with Crippen LogP contribution in [-0.2, 0) is 6.42 Å². The van der Waals surface area contributed by atoms with Crippen LogP contribution >= 0.6 is 43.2 Å². The summed E-state index contributed by atoms with van der Waals surface area (Å²) in [6.07, 6.45) is 0.300. The standard InChI is InChI=1S/C10H6Br2O2S/c11-9-2-1-7(14-9)4-8(13)6-3-10(12)15-5-6/h1-3,5H,4H2. The summed E-state index contributed by atoms with van der Waals surface area (Å²) in [4.78, 5) is 11.7. The zero-order valence-electron chi connectivity index (χ0n) is 7.50. The van der Waals surface area contributed by atoms with Crippen molar-refractivity contribution in [2.24, 2.45) is 0 Å². The van der Waals surface area contributed by atoms with Crippen LogP contribution < -0.4 is 0 Å². The molecule has 0 radical (unpaired) electrons. The molecule has 0 saturated carbocycles. The normalized spacial score (nSPS) is 10.5. The first-order valence-electron chi connectivity index (χ1n) is 4.16. The molecule has 0 atom stereocenters. The molecular formula is C10H6Br2O2S. The Morgan fingerprint density at radius 1 is 1.40 bits per heavy atom. The van der Waals surface area contributed by atoms with E-state index < -0.39 is 0 Å². The molecule has 0 aliphatic carbocycles. The maximum absolute atomic E-state index is 11.7. The SMILES string of the molecule is O=C(Cc1ccc(Br)o1)c1csc(Br)c1. The lowest BCUT2D eigenvalue weighted by molar-refractivity contribution is 0.0987. The van der Waals surface area contributed by atoms with Crippen LogP contribution in [0.25, 0.3) is 0 Å². The average Bonchev–Trinajstić information content (AvgIpc) is 2.75. The molecule has 0 amide bonds. The number of hydrogen-bond acceptors (Lipinski definition) is 3.